The largest absolute Gasteiger partial charge is 0.416 e. The van der Waals surface area contributed by atoms with Crippen molar-refractivity contribution in [2.75, 3.05) is 24.5 Å². The summed E-state index contributed by atoms with van der Waals surface area (Å²) in [7, 11) is 0. The van der Waals surface area contributed by atoms with E-state index >= 15 is 0 Å². The van der Waals surface area contributed by atoms with Crippen LogP contribution < -0.4 is 4.90 Å². The first kappa shape index (κ1) is 24.1. The van der Waals surface area contributed by atoms with Gasteiger partial charge in [-0.15, -0.1) is 0 Å². The first-order valence-corrected chi connectivity index (χ1v) is 12.2. The first-order chi connectivity index (χ1) is 17.2. The maximum Gasteiger partial charge on any atom is 0.416 e. The number of aromatic nitrogens is 3. The molecule has 4 heterocycles. The second-order valence-electron chi connectivity index (χ2n) is 9.83. The first-order valence-electron chi connectivity index (χ1n) is 12.2. The van der Waals surface area contributed by atoms with Gasteiger partial charge >= 0.3 is 6.18 Å². The zero-order valence-electron chi connectivity index (χ0n) is 20.2. The molecule has 1 amide bonds. The van der Waals surface area contributed by atoms with Crippen LogP contribution in [0.3, 0.4) is 0 Å². The van der Waals surface area contributed by atoms with E-state index in [1.165, 1.54) is 12.1 Å². The Morgan fingerprint density at radius 2 is 2.00 bits per heavy atom. The summed E-state index contributed by atoms with van der Waals surface area (Å²) >= 11 is 0. The minimum atomic E-state index is -4.51. The zero-order valence-corrected chi connectivity index (χ0v) is 20.2. The lowest BCUT2D eigenvalue weighted by molar-refractivity contribution is -0.137. The number of aryl methyl sites for hydroxylation is 1. The number of fused-ring (bicyclic) bond motifs is 1. The van der Waals surface area contributed by atoms with Crippen molar-refractivity contribution in [3.63, 3.8) is 0 Å². The number of likely N-dealkylation sites (tertiary alicyclic amines) is 1. The molecule has 1 aromatic carbocycles. The Labute approximate surface area is 207 Å². The van der Waals surface area contributed by atoms with Crippen LogP contribution in [0, 0.1) is 30.1 Å². The second-order valence-corrected chi connectivity index (χ2v) is 9.83. The van der Waals surface area contributed by atoms with E-state index in [1.54, 1.807) is 9.42 Å². The van der Waals surface area contributed by atoms with Crippen LogP contribution in [-0.4, -0.2) is 45.0 Å². The van der Waals surface area contributed by atoms with Gasteiger partial charge in [-0.2, -0.15) is 23.5 Å². The predicted octanol–water partition coefficient (Wildman–Crippen LogP) is 5.02. The van der Waals surface area contributed by atoms with Crippen molar-refractivity contribution in [1.29, 1.82) is 5.26 Å². The van der Waals surface area contributed by atoms with E-state index in [0.717, 1.165) is 42.9 Å². The number of anilines is 1. The fourth-order valence-electron chi connectivity index (χ4n) is 5.29. The molecule has 0 bridgehead atoms. The van der Waals surface area contributed by atoms with Crippen molar-refractivity contribution in [2.45, 2.75) is 45.3 Å². The Morgan fingerprint density at radius 3 is 2.72 bits per heavy atom. The van der Waals surface area contributed by atoms with Crippen LogP contribution >= 0.6 is 0 Å². The summed E-state index contributed by atoms with van der Waals surface area (Å²) in [6.45, 7) is 5.86. The Morgan fingerprint density at radius 1 is 1.19 bits per heavy atom. The van der Waals surface area contributed by atoms with Crippen LogP contribution in [0.2, 0.25) is 0 Å². The molecular weight excluding hydrogens is 469 g/mol. The molecule has 2 aromatic heterocycles. The van der Waals surface area contributed by atoms with E-state index in [9.17, 15) is 23.2 Å². The number of carbonyl (C=O) groups excluding carboxylic acids is 1. The van der Waals surface area contributed by atoms with Crippen LogP contribution in [0.1, 0.15) is 59.4 Å². The van der Waals surface area contributed by atoms with Gasteiger partial charge in [-0.25, -0.2) is 9.50 Å². The van der Waals surface area contributed by atoms with Gasteiger partial charge in [0.05, 0.1) is 29.3 Å². The molecule has 2 aliphatic heterocycles. The number of hydrogen-bond acceptors (Lipinski definition) is 5. The van der Waals surface area contributed by atoms with Gasteiger partial charge in [-0.05, 0) is 50.3 Å². The summed E-state index contributed by atoms with van der Waals surface area (Å²) in [4.78, 5) is 21.9. The summed E-state index contributed by atoms with van der Waals surface area (Å²) in [5.41, 5.74) is 1.42. The van der Waals surface area contributed by atoms with Crippen molar-refractivity contribution in [1.82, 2.24) is 19.5 Å². The molecule has 0 saturated carbocycles. The highest BCUT2D eigenvalue weighted by atomic mass is 19.4. The quantitative estimate of drug-likeness (QED) is 0.509. The Balaban J connectivity index is 1.45. The average molecular weight is 497 g/mol. The number of nitriles is 1. The Hall–Kier alpha value is -3.61. The van der Waals surface area contributed by atoms with Gasteiger partial charge in [-0.3, -0.25) is 4.79 Å². The van der Waals surface area contributed by atoms with Gasteiger partial charge < -0.3 is 9.80 Å². The molecule has 10 heteroatoms. The molecule has 3 atom stereocenters. The van der Waals surface area contributed by atoms with Gasteiger partial charge in [0, 0.05) is 43.0 Å². The summed E-state index contributed by atoms with van der Waals surface area (Å²) in [5.74, 6) is 0.603. The number of amides is 1. The van der Waals surface area contributed by atoms with Crippen molar-refractivity contribution < 1.29 is 18.0 Å². The highest BCUT2D eigenvalue weighted by molar-refractivity contribution is 5.94. The second kappa shape index (κ2) is 9.12. The van der Waals surface area contributed by atoms with E-state index in [4.69, 9.17) is 10.1 Å². The predicted molar refractivity (Wildman–Crippen MR) is 127 cm³/mol. The van der Waals surface area contributed by atoms with Gasteiger partial charge in [0.15, 0.2) is 5.65 Å². The molecule has 7 nitrogen and oxygen atoms in total. The number of carbonyl (C=O) groups is 1. The van der Waals surface area contributed by atoms with E-state index in [-0.39, 0.29) is 23.4 Å². The van der Waals surface area contributed by atoms with Crippen molar-refractivity contribution in [3.05, 3.63) is 58.9 Å². The molecule has 0 spiro atoms. The molecule has 2 aliphatic rings. The van der Waals surface area contributed by atoms with Gasteiger partial charge in [0.1, 0.15) is 5.82 Å². The standard InChI is InChI=1S/C26H27F3N6O/c1-16-13-33(15-19(16)12-30)24-17(2)14-35-23(31-24)11-21(32-35)22-8-3-4-9-34(22)25(36)18-6-5-7-20(10-18)26(27,28)29/h5-7,10-11,14,16,19,22H,3-4,8-9,13,15H2,1-2H3/t16-,19+,22-/m0/s1. The maximum atomic E-state index is 13.3. The lowest BCUT2D eigenvalue weighted by Gasteiger charge is -2.35. The molecule has 188 valence electrons. The highest BCUT2D eigenvalue weighted by Crippen LogP contribution is 2.35. The van der Waals surface area contributed by atoms with Crippen LogP contribution in [0.5, 0.6) is 0 Å². The third kappa shape index (κ3) is 4.38. The van der Waals surface area contributed by atoms with Crippen molar-refractivity contribution >= 4 is 17.4 Å². The van der Waals surface area contributed by atoms with Crippen molar-refractivity contribution in [3.8, 4) is 6.07 Å². The lowest BCUT2D eigenvalue weighted by atomic mass is 9.98. The fraction of sp³-hybridized carbons (Fsp3) is 0.462. The summed E-state index contributed by atoms with van der Waals surface area (Å²) in [6.07, 6.45) is -0.269. The fourth-order valence-corrected chi connectivity index (χ4v) is 5.29. The van der Waals surface area contributed by atoms with E-state index in [0.29, 0.717) is 30.9 Å². The number of halogens is 3. The molecule has 0 radical (unpaired) electrons. The zero-order chi connectivity index (χ0) is 25.6. The van der Waals surface area contributed by atoms with Crippen molar-refractivity contribution in [2.24, 2.45) is 11.8 Å². The third-order valence-corrected chi connectivity index (χ3v) is 7.24. The summed E-state index contributed by atoms with van der Waals surface area (Å²) < 4.78 is 41.3. The molecule has 0 aliphatic carbocycles. The van der Waals surface area contributed by atoms with E-state index in [2.05, 4.69) is 17.9 Å². The van der Waals surface area contributed by atoms with Gasteiger partial charge in [0.25, 0.3) is 5.91 Å². The number of nitrogens with zero attached hydrogens (tertiary/aromatic N) is 6. The minimum absolute atomic E-state index is 0.0203. The summed E-state index contributed by atoms with van der Waals surface area (Å²) in [6, 6.07) is 8.46. The van der Waals surface area contributed by atoms with Gasteiger partial charge in [0.2, 0.25) is 0 Å². The molecule has 5 rings (SSSR count). The molecule has 2 saturated heterocycles. The monoisotopic (exact) mass is 496 g/mol. The average Bonchev–Trinajstić information content (AvgIpc) is 3.45. The van der Waals surface area contributed by atoms with Gasteiger partial charge in [-0.1, -0.05) is 13.0 Å². The number of rotatable bonds is 3. The smallest absolute Gasteiger partial charge is 0.355 e. The maximum absolute atomic E-state index is 13.3. The molecule has 2 fully saturated rings. The number of hydrogen-bond donors (Lipinski definition) is 0. The minimum Gasteiger partial charge on any atom is -0.355 e. The topological polar surface area (TPSA) is 77.5 Å². The highest BCUT2D eigenvalue weighted by Gasteiger charge is 2.35. The summed E-state index contributed by atoms with van der Waals surface area (Å²) in [5, 5.41) is 14.1. The van der Waals surface area contributed by atoms with Crippen LogP contribution in [-0.2, 0) is 6.18 Å². The molecule has 3 aromatic rings. The number of piperidine rings is 1. The lowest BCUT2D eigenvalue weighted by Crippen LogP contribution is -2.38. The SMILES string of the molecule is Cc1cn2nc([C@@H]3CCCCN3C(=O)c3cccc(C(F)(F)F)c3)cc2nc1N1C[C@@H](C#N)[C@@H](C)C1. The van der Waals surface area contributed by atoms with E-state index < -0.39 is 17.6 Å². The van der Waals surface area contributed by atoms with Crippen LogP contribution in [0.15, 0.2) is 36.5 Å². The number of benzene rings is 1. The molecule has 0 N–H and O–H groups in total. The Kier molecular flexibility index (Phi) is 6.10. The number of alkyl halides is 3. The Bertz CT molecular complexity index is 1340. The normalized spacial score (nSPS) is 22.7. The van der Waals surface area contributed by atoms with Crippen LogP contribution in [0.25, 0.3) is 5.65 Å². The van der Waals surface area contributed by atoms with Crippen LogP contribution in [0.4, 0.5) is 19.0 Å². The third-order valence-electron chi connectivity index (χ3n) is 7.24. The molecule has 0 unspecified atom stereocenters. The van der Waals surface area contributed by atoms with E-state index in [1.807, 2.05) is 19.2 Å². The molecular formula is C26H27F3N6O. The molecule has 36 heavy (non-hydrogen) atoms.